The van der Waals surface area contributed by atoms with Crippen molar-refractivity contribution in [3.8, 4) is 5.75 Å². The highest BCUT2D eigenvalue weighted by Gasteiger charge is 2.42. The van der Waals surface area contributed by atoms with Crippen LogP contribution in [0.5, 0.6) is 5.75 Å². The normalized spacial score (nSPS) is 21.9. The first kappa shape index (κ1) is 22.0. The van der Waals surface area contributed by atoms with Gasteiger partial charge in [0.2, 0.25) is 0 Å². The number of pyridine rings is 1. The largest absolute Gasteiger partial charge is 0.493 e. The molecule has 0 aliphatic carbocycles. The molecule has 0 amide bonds. The van der Waals surface area contributed by atoms with Gasteiger partial charge in [-0.05, 0) is 49.6 Å². The van der Waals surface area contributed by atoms with Crippen LogP contribution in [0.2, 0.25) is 0 Å². The number of ketones is 1. The number of nitrogens with one attached hydrogen (secondary N) is 2. The van der Waals surface area contributed by atoms with E-state index in [-0.39, 0.29) is 29.5 Å². The molecule has 2 atom stereocenters. The number of aromatic nitrogens is 1. The van der Waals surface area contributed by atoms with Gasteiger partial charge in [-0.3, -0.25) is 4.79 Å². The third-order valence-corrected chi connectivity index (χ3v) is 5.31. The minimum Gasteiger partial charge on any atom is -0.493 e. The SMILES string of the molecule is COc1c(F)cccc1C(=O)[C@@]1(CNc2cccc(C(F)(F)F)n2)CC[C@H](C)CN1. The van der Waals surface area contributed by atoms with Gasteiger partial charge in [0.1, 0.15) is 11.5 Å². The molecule has 1 aromatic heterocycles. The molecule has 162 valence electrons. The molecule has 1 aromatic carbocycles. The van der Waals surface area contributed by atoms with Crippen LogP contribution in [0.1, 0.15) is 35.8 Å². The number of piperidine rings is 1. The fourth-order valence-corrected chi connectivity index (χ4v) is 3.56. The molecule has 0 spiro atoms. The molecule has 2 aromatic rings. The number of anilines is 1. The van der Waals surface area contributed by atoms with Crippen molar-refractivity contribution in [3.05, 3.63) is 53.5 Å². The highest BCUT2D eigenvalue weighted by Crippen LogP contribution is 2.32. The Morgan fingerprint density at radius 1 is 1.30 bits per heavy atom. The Bertz CT molecular complexity index is 909. The number of carbonyl (C=O) groups is 1. The molecule has 0 saturated carbocycles. The van der Waals surface area contributed by atoms with Crippen molar-refractivity contribution in [1.82, 2.24) is 10.3 Å². The summed E-state index contributed by atoms with van der Waals surface area (Å²) in [7, 11) is 1.28. The molecule has 9 heteroatoms. The maximum atomic E-state index is 14.1. The second-order valence-electron chi connectivity index (χ2n) is 7.52. The molecule has 0 bridgehead atoms. The van der Waals surface area contributed by atoms with Crippen molar-refractivity contribution in [2.75, 3.05) is 25.5 Å². The summed E-state index contributed by atoms with van der Waals surface area (Å²) >= 11 is 0. The number of rotatable bonds is 6. The topological polar surface area (TPSA) is 63.2 Å². The van der Waals surface area contributed by atoms with Crippen LogP contribution < -0.4 is 15.4 Å². The Hall–Kier alpha value is -2.68. The molecule has 5 nitrogen and oxygen atoms in total. The number of hydrogen-bond acceptors (Lipinski definition) is 5. The molecule has 1 aliphatic rings. The maximum Gasteiger partial charge on any atom is 0.433 e. The van der Waals surface area contributed by atoms with Crippen LogP contribution in [0.4, 0.5) is 23.4 Å². The average Bonchev–Trinajstić information content (AvgIpc) is 2.72. The zero-order chi connectivity index (χ0) is 21.9. The van der Waals surface area contributed by atoms with Crippen molar-refractivity contribution < 1.29 is 27.1 Å². The van der Waals surface area contributed by atoms with Crippen LogP contribution in [0.15, 0.2) is 36.4 Å². The number of methoxy groups -OCH3 is 1. The highest BCUT2D eigenvalue weighted by atomic mass is 19.4. The van der Waals surface area contributed by atoms with E-state index in [1.54, 1.807) is 0 Å². The van der Waals surface area contributed by atoms with E-state index in [1.807, 2.05) is 6.92 Å². The first-order chi connectivity index (χ1) is 14.2. The lowest BCUT2D eigenvalue weighted by Crippen LogP contribution is -2.60. The van der Waals surface area contributed by atoms with Crippen LogP contribution in [0.3, 0.4) is 0 Å². The summed E-state index contributed by atoms with van der Waals surface area (Å²) in [6.07, 6.45) is -3.41. The van der Waals surface area contributed by atoms with E-state index in [1.165, 1.54) is 37.4 Å². The number of para-hydroxylation sites is 1. The summed E-state index contributed by atoms with van der Waals surface area (Å²) in [6, 6.07) is 7.63. The molecule has 2 heterocycles. The van der Waals surface area contributed by atoms with Crippen molar-refractivity contribution in [2.24, 2.45) is 5.92 Å². The number of alkyl halides is 3. The van der Waals surface area contributed by atoms with Crippen molar-refractivity contribution in [3.63, 3.8) is 0 Å². The molecule has 0 radical (unpaired) electrons. The van der Waals surface area contributed by atoms with Gasteiger partial charge in [-0.1, -0.05) is 19.1 Å². The third kappa shape index (κ3) is 4.56. The predicted molar refractivity (Wildman–Crippen MR) is 104 cm³/mol. The van der Waals surface area contributed by atoms with Crippen molar-refractivity contribution in [2.45, 2.75) is 31.5 Å². The van der Waals surface area contributed by atoms with Crippen LogP contribution in [-0.4, -0.2) is 36.5 Å². The molecule has 0 unspecified atom stereocenters. The quantitative estimate of drug-likeness (QED) is 0.534. The molecule has 1 saturated heterocycles. The zero-order valence-electron chi connectivity index (χ0n) is 16.6. The molecule has 2 N–H and O–H groups in total. The fraction of sp³-hybridized carbons (Fsp3) is 0.429. The number of Topliss-reactive ketones (excluding diaryl/α,β-unsaturated/α-hetero) is 1. The van der Waals surface area contributed by atoms with E-state index < -0.39 is 23.2 Å². The number of hydrogen-bond donors (Lipinski definition) is 2. The Labute approximate surface area is 171 Å². The minimum absolute atomic E-state index is 0.00336. The summed E-state index contributed by atoms with van der Waals surface area (Å²) in [5.74, 6) is -0.865. The Morgan fingerprint density at radius 2 is 2.03 bits per heavy atom. The van der Waals surface area contributed by atoms with Gasteiger partial charge in [0, 0.05) is 6.54 Å². The van der Waals surface area contributed by atoms with Gasteiger partial charge in [0.05, 0.1) is 18.2 Å². The number of carbonyl (C=O) groups excluding carboxylic acids is 1. The van der Waals surface area contributed by atoms with Gasteiger partial charge < -0.3 is 15.4 Å². The maximum absolute atomic E-state index is 14.1. The molecule has 3 rings (SSSR count). The number of benzene rings is 1. The standard InChI is InChI=1S/C21H23F4N3O2/c1-13-9-10-20(27-11-13,19(29)14-5-3-6-15(22)18(14)30-2)12-26-17-8-4-7-16(28-17)21(23,24)25/h3-8,13,27H,9-12H2,1-2H3,(H,26,28)/t13-,20-/m0/s1. The Balaban J connectivity index is 1.90. The lowest BCUT2D eigenvalue weighted by Gasteiger charge is -2.39. The van der Waals surface area contributed by atoms with Gasteiger partial charge in [0.15, 0.2) is 17.3 Å². The number of ether oxygens (including phenoxy) is 1. The average molecular weight is 425 g/mol. The van der Waals surface area contributed by atoms with Gasteiger partial charge >= 0.3 is 6.18 Å². The second kappa shape index (κ2) is 8.59. The van der Waals surface area contributed by atoms with E-state index in [0.717, 1.165) is 12.5 Å². The smallest absolute Gasteiger partial charge is 0.433 e. The summed E-state index contributed by atoms with van der Waals surface area (Å²) in [4.78, 5) is 17.1. The number of nitrogens with zero attached hydrogens (tertiary/aromatic N) is 1. The first-order valence-electron chi connectivity index (χ1n) is 9.57. The minimum atomic E-state index is -4.57. The van der Waals surface area contributed by atoms with Crippen LogP contribution in [0.25, 0.3) is 0 Å². The van der Waals surface area contributed by atoms with E-state index >= 15 is 0 Å². The molecular formula is C21H23F4N3O2. The third-order valence-electron chi connectivity index (χ3n) is 5.31. The van der Waals surface area contributed by atoms with Gasteiger partial charge in [-0.2, -0.15) is 13.2 Å². The summed E-state index contributed by atoms with van der Waals surface area (Å²) in [6.45, 7) is 2.57. The molecule has 1 fully saturated rings. The van der Waals surface area contributed by atoms with Gasteiger partial charge in [-0.25, -0.2) is 9.37 Å². The number of halogens is 4. The lowest BCUT2D eigenvalue weighted by atomic mass is 9.79. The highest BCUT2D eigenvalue weighted by molar-refractivity contribution is 6.06. The van der Waals surface area contributed by atoms with Crippen LogP contribution >= 0.6 is 0 Å². The van der Waals surface area contributed by atoms with Crippen molar-refractivity contribution in [1.29, 1.82) is 0 Å². The van der Waals surface area contributed by atoms with Crippen LogP contribution in [0, 0.1) is 11.7 Å². The monoisotopic (exact) mass is 425 g/mol. The summed E-state index contributed by atoms with van der Waals surface area (Å²) < 4.78 is 58.1. The summed E-state index contributed by atoms with van der Waals surface area (Å²) in [5.41, 5.74) is -2.08. The Kier molecular flexibility index (Phi) is 6.30. The van der Waals surface area contributed by atoms with Gasteiger partial charge in [-0.15, -0.1) is 0 Å². The lowest BCUT2D eigenvalue weighted by molar-refractivity contribution is -0.141. The van der Waals surface area contributed by atoms with Gasteiger partial charge in [0.25, 0.3) is 0 Å². The van der Waals surface area contributed by atoms with E-state index in [2.05, 4.69) is 15.6 Å². The fourth-order valence-electron chi connectivity index (χ4n) is 3.56. The predicted octanol–water partition coefficient (Wildman–Crippen LogP) is 4.30. The first-order valence-corrected chi connectivity index (χ1v) is 9.57. The van der Waals surface area contributed by atoms with E-state index in [9.17, 15) is 22.4 Å². The van der Waals surface area contributed by atoms with Crippen molar-refractivity contribution >= 4 is 11.6 Å². The summed E-state index contributed by atoms with van der Waals surface area (Å²) in [5, 5.41) is 6.08. The molecule has 1 aliphatic heterocycles. The van der Waals surface area contributed by atoms with E-state index in [0.29, 0.717) is 18.9 Å². The molecular weight excluding hydrogens is 402 g/mol. The van der Waals surface area contributed by atoms with Crippen LogP contribution in [-0.2, 0) is 6.18 Å². The molecule has 30 heavy (non-hydrogen) atoms. The van der Waals surface area contributed by atoms with E-state index in [4.69, 9.17) is 4.74 Å². The zero-order valence-corrected chi connectivity index (χ0v) is 16.6. The Morgan fingerprint density at radius 3 is 2.67 bits per heavy atom. The second-order valence-corrected chi connectivity index (χ2v) is 7.52.